The van der Waals surface area contributed by atoms with E-state index in [2.05, 4.69) is 212 Å². The van der Waals surface area contributed by atoms with Crippen molar-refractivity contribution in [2.24, 2.45) is 0 Å². The fourth-order valence-corrected chi connectivity index (χ4v) is 9.60. The second-order valence-electron chi connectivity index (χ2n) is 15.4. The first-order valence-corrected chi connectivity index (χ1v) is 20.0. The molecule has 11 aromatic carbocycles. The third-order valence-corrected chi connectivity index (χ3v) is 12.2. The molecule has 0 aliphatic carbocycles. The van der Waals surface area contributed by atoms with Crippen molar-refractivity contribution in [3.8, 4) is 44.6 Å². The van der Waals surface area contributed by atoms with Crippen molar-refractivity contribution in [3.05, 3.63) is 212 Å². The molecule has 0 spiro atoms. The van der Waals surface area contributed by atoms with E-state index in [0.717, 1.165) is 33.1 Å². The van der Waals surface area contributed by atoms with Gasteiger partial charge in [0.2, 0.25) is 0 Å². The highest BCUT2D eigenvalue weighted by Crippen LogP contribution is 2.48. The monoisotopic (exact) mass is 733 g/mol. The van der Waals surface area contributed by atoms with Crippen molar-refractivity contribution >= 4 is 75.5 Å². The average molecular weight is 734 g/mol. The van der Waals surface area contributed by atoms with Crippen LogP contribution in [0.15, 0.2) is 212 Å². The lowest BCUT2D eigenvalue weighted by Crippen LogP contribution is -1.95. The number of rotatable bonds is 4. The number of fused-ring (bicyclic) bond motifs is 9. The zero-order chi connectivity index (χ0) is 38.2. The molecule has 1 heterocycles. The molecule has 0 saturated heterocycles. The smallest absolute Gasteiger partial charge is 0.0795 e. The molecule has 58 heavy (non-hydrogen) atoms. The second-order valence-corrected chi connectivity index (χ2v) is 15.4. The van der Waals surface area contributed by atoms with Gasteiger partial charge in [0.25, 0.3) is 0 Å². The molecule has 0 N–H and O–H groups in total. The first-order chi connectivity index (χ1) is 28.8. The number of para-hydroxylation sites is 1. The summed E-state index contributed by atoms with van der Waals surface area (Å²) in [4.78, 5) is 5.74. The Hall–Kier alpha value is -7.61. The molecule has 268 valence electrons. The van der Waals surface area contributed by atoms with Gasteiger partial charge in [-0.25, -0.2) is 4.98 Å². The highest BCUT2D eigenvalue weighted by Gasteiger charge is 2.22. The van der Waals surface area contributed by atoms with Gasteiger partial charge < -0.3 is 0 Å². The molecule has 0 bridgehead atoms. The molecular weight excluding hydrogens is 699 g/mol. The fraction of sp³-hybridized carbons (Fsp3) is 0. The van der Waals surface area contributed by atoms with Gasteiger partial charge in [0, 0.05) is 27.3 Å². The molecule has 0 amide bonds. The highest BCUT2D eigenvalue weighted by atomic mass is 14.7. The van der Waals surface area contributed by atoms with Crippen LogP contribution in [0.3, 0.4) is 0 Å². The third-order valence-electron chi connectivity index (χ3n) is 12.2. The number of benzene rings is 11. The number of pyridine rings is 1. The Kier molecular flexibility index (Phi) is 7.30. The Morgan fingerprint density at radius 2 is 0.810 bits per heavy atom. The van der Waals surface area contributed by atoms with Gasteiger partial charge in [-0.3, -0.25) is 0 Å². The van der Waals surface area contributed by atoms with Crippen LogP contribution in [-0.2, 0) is 0 Å². The molecule has 0 unspecified atom stereocenters. The minimum atomic E-state index is 1.00. The average Bonchev–Trinajstić information content (AvgIpc) is 3.30. The largest absolute Gasteiger partial charge is 0.246 e. The molecule has 12 rings (SSSR count). The number of aromatic nitrogens is 1. The van der Waals surface area contributed by atoms with Crippen molar-refractivity contribution in [3.63, 3.8) is 0 Å². The predicted octanol–water partition coefficient (Wildman–Crippen LogP) is 15.8. The lowest BCUT2D eigenvalue weighted by atomic mass is 9.83. The maximum absolute atomic E-state index is 5.74. The summed E-state index contributed by atoms with van der Waals surface area (Å²) >= 11 is 0. The van der Waals surface area contributed by atoms with Crippen molar-refractivity contribution in [1.82, 2.24) is 4.98 Å². The molecule has 0 atom stereocenters. The summed E-state index contributed by atoms with van der Waals surface area (Å²) in [5, 5.41) is 15.8. The van der Waals surface area contributed by atoms with Crippen LogP contribution in [-0.4, -0.2) is 4.98 Å². The van der Waals surface area contributed by atoms with E-state index in [1.807, 2.05) is 0 Å². The predicted molar refractivity (Wildman–Crippen MR) is 249 cm³/mol. The summed E-state index contributed by atoms with van der Waals surface area (Å²) < 4.78 is 0. The number of hydrogen-bond donors (Lipinski definition) is 0. The summed E-state index contributed by atoms with van der Waals surface area (Å²) in [6.07, 6.45) is 0. The Labute approximate surface area is 336 Å². The zero-order valence-corrected chi connectivity index (χ0v) is 31.7. The van der Waals surface area contributed by atoms with Gasteiger partial charge in [0.15, 0.2) is 0 Å². The van der Waals surface area contributed by atoms with Crippen LogP contribution in [0.5, 0.6) is 0 Å². The molecule has 1 nitrogen and oxygen atoms in total. The van der Waals surface area contributed by atoms with E-state index in [-0.39, 0.29) is 0 Å². The maximum Gasteiger partial charge on any atom is 0.0795 e. The summed E-state index contributed by atoms with van der Waals surface area (Å²) in [5.74, 6) is 0. The Morgan fingerprint density at radius 1 is 0.259 bits per heavy atom. The zero-order valence-electron chi connectivity index (χ0n) is 31.7. The van der Waals surface area contributed by atoms with Crippen molar-refractivity contribution in [1.29, 1.82) is 0 Å². The minimum Gasteiger partial charge on any atom is -0.246 e. The lowest BCUT2D eigenvalue weighted by Gasteiger charge is -2.20. The van der Waals surface area contributed by atoms with Crippen LogP contribution in [0.1, 0.15) is 0 Å². The summed E-state index contributed by atoms with van der Waals surface area (Å²) in [6.45, 7) is 0. The van der Waals surface area contributed by atoms with E-state index in [9.17, 15) is 0 Å². The molecule has 0 aliphatic heterocycles. The minimum absolute atomic E-state index is 1.00. The topological polar surface area (TPSA) is 12.9 Å². The molecule has 0 radical (unpaired) electrons. The van der Waals surface area contributed by atoms with Crippen molar-refractivity contribution < 1.29 is 0 Å². The molecule has 0 fully saturated rings. The van der Waals surface area contributed by atoms with Gasteiger partial charge in [-0.1, -0.05) is 194 Å². The molecule has 1 aromatic heterocycles. The number of nitrogens with zero attached hydrogens (tertiary/aromatic N) is 1. The maximum atomic E-state index is 5.74. The number of hydrogen-bond acceptors (Lipinski definition) is 1. The second kappa shape index (κ2) is 13.0. The van der Waals surface area contributed by atoms with E-state index >= 15 is 0 Å². The summed E-state index contributed by atoms with van der Waals surface area (Å²) in [5.41, 5.74) is 10.4. The summed E-state index contributed by atoms with van der Waals surface area (Å²) in [7, 11) is 0. The van der Waals surface area contributed by atoms with Gasteiger partial charge in [0.1, 0.15) is 0 Å². The van der Waals surface area contributed by atoms with Crippen molar-refractivity contribution in [2.45, 2.75) is 0 Å². The molecule has 1 heteroatoms. The van der Waals surface area contributed by atoms with Crippen LogP contribution in [0, 0.1) is 0 Å². The van der Waals surface area contributed by atoms with E-state index < -0.39 is 0 Å². The van der Waals surface area contributed by atoms with Gasteiger partial charge >= 0.3 is 0 Å². The highest BCUT2D eigenvalue weighted by molar-refractivity contribution is 6.28. The van der Waals surface area contributed by atoms with Crippen LogP contribution in [0.2, 0.25) is 0 Å². The van der Waals surface area contributed by atoms with Crippen LogP contribution >= 0.6 is 0 Å². The third kappa shape index (κ3) is 5.00. The Balaban J connectivity index is 1.20. The molecular formula is C57H35N. The first kappa shape index (κ1) is 32.6. The van der Waals surface area contributed by atoms with Crippen molar-refractivity contribution in [2.75, 3.05) is 0 Å². The van der Waals surface area contributed by atoms with Gasteiger partial charge in [0.05, 0.1) is 11.2 Å². The standard InChI is InChI=1S/C57H35N/c1-2-16-37(17-3-1)52-35-42(34-40-20-7-8-21-43(40)52)53-45-23-10-12-25-47(45)55(48-26-13-11-24-46(48)53)50-28-14-27-49-54-44-22-9-6-18-38(44)31-32-51(54)56(58-57(49)50)41-30-29-36-15-4-5-19-39(36)33-41/h1-35H. The molecule has 12 aromatic rings. The van der Waals surface area contributed by atoms with Crippen LogP contribution in [0.25, 0.3) is 120 Å². The van der Waals surface area contributed by atoms with Crippen LogP contribution < -0.4 is 0 Å². The lowest BCUT2D eigenvalue weighted by molar-refractivity contribution is 1.43. The fourth-order valence-electron chi connectivity index (χ4n) is 9.60. The van der Waals surface area contributed by atoms with Gasteiger partial charge in [-0.2, -0.15) is 0 Å². The SMILES string of the molecule is c1ccc(-c2cc(-c3c4ccccc4c(-c4cccc5c4nc(-c4ccc6ccccc6c4)c4ccc6ccccc6c45)c4ccccc34)cc3ccccc23)cc1. The van der Waals surface area contributed by atoms with E-state index in [1.54, 1.807) is 0 Å². The van der Waals surface area contributed by atoms with Crippen LogP contribution in [0.4, 0.5) is 0 Å². The van der Waals surface area contributed by atoms with Gasteiger partial charge in [-0.15, -0.1) is 0 Å². The van der Waals surface area contributed by atoms with E-state index in [4.69, 9.17) is 4.98 Å². The quantitative estimate of drug-likeness (QED) is 0.130. The Bertz CT molecular complexity index is 3560. The Morgan fingerprint density at radius 3 is 1.55 bits per heavy atom. The van der Waals surface area contributed by atoms with E-state index in [1.165, 1.54) is 87.1 Å². The van der Waals surface area contributed by atoms with Gasteiger partial charge in [-0.05, 0) is 99.9 Å². The molecule has 0 aliphatic rings. The summed E-state index contributed by atoms with van der Waals surface area (Å²) in [6, 6.07) is 77.7. The normalized spacial score (nSPS) is 11.8. The van der Waals surface area contributed by atoms with E-state index in [0.29, 0.717) is 0 Å². The first-order valence-electron chi connectivity index (χ1n) is 20.0. The molecule has 0 saturated carbocycles.